The Morgan fingerprint density at radius 1 is 1.06 bits per heavy atom. The molecule has 0 spiro atoms. The van der Waals surface area contributed by atoms with E-state index in [2.05, 4.69) is 15.6 Å². The number of nitrogens with one attached hydrogen (secondary N) is 2. The van der Waals surface area contributed by atoms with Crippen LogP contribution in [0.15, 0.2) is 54.9 Å². The smallest absolute Gasteiger partial charge is 0.408 e. The number of aromatic nitrogens is 2. The van der Waals surface area contributed by atoms with Crippen molar-refractivity contribution in [3.8, 4) is 0 Å². The Morgan fingerprint density at radius 3 is 2.39 bits per heavy atom. The summed E-state index contributed by atoms with van der Waals surface area (Å²) in [6.45, 7) is 7.07. The Kier molecular flexibility index (Phi) is 8.34. The van der Waals surface area contributed by atoms with E-state index in [-0.39, 0.29) is 6.42 Å². The number of ether oxygens (including phenoxy) is 2. The summed E-state index contributed by atoms with van der Waals surface area (Å²) in [7, 11) is 3.21. The molecule has 1 unspecified atom stereocenters. The molecule has 0 aliphatic carbocycles. The quantitative estimate of drug-likeness (QED) is 0.464. The molecule has 192 valence electrons. The standard InChI is InChI=1S/C27H34N4O5/c1-17(20-16-31(5)22-13-8-7-12-19(20)22)23(25(33)35-6)30-24(32)21(15-18-11-9-10-14-28-18)29-26(34)36-27(2,3)4/h7-14,16-17,21,23H,15H2,1-6H3,(H,29,34)(H,30,32)/t17?,21-,23-/m1/s1. The lowest BCUT2D eigenvalue weighted by Gasteiger charge is -2.27. The number of carbonyl (C=O) groups is 3. The molecule has 0 saturated carbocycles. The predicted molar refractivity (Wildman–Crippen MR) is 136 cm³/mol. The van der Waals surface area contributed by atoms with Gasteiger partial charge in [-0.15, -0.1) is 0 Å². The van der Waals surface area contributed by atoms with Crippen LogP contribution in [0, 0.1) is 0 Å². The maximum atomic E-state index is 13.5. The molecule has 36 heavy (non-hydrogen) atoms. The summed E-state index contributed by atoms with van der Waals surface area (Å²) in [4.78, 5) is 43.1. The number of para-hydroxylation sites is 1. The van der Waals surface area contributed by atoms with Crippen LogP contribution in [0.5, 0.6) is 0 Å². The average Bonchev–Trinajstić information content (AvgIpc) is 3.17. The highest BCUT2D eigenvalue weighted by molar-refractivity contribution is 5.91. The minimum atomic E-state index is -1.03. The zero-order valence-electron chi connectivity index (χ0n) is 21.6. The van der Waals surface area contributed by atoms with E-state index in [1.165, 1.54) is 7.11 Å². The topological polar surface area (TPSA) is 112 Å². The summed E-state index contributed by atoms with van der Waals surface area (Å²) >= 11 is 0. The van der Waals surface area contributed by atoms with E-state index in [1.807, 2.05) is 49.0 Å². The first-order chi connectivity index (χ1) is 17.0. The SMILES string of the molecule is COC(=O)[C@H](NC(=O)[C@@H](Cc1ccccn1)NC(=O)OC(C)(C)C)C(C)c1cn(C)c2ccccc12. The van der Waals surface area contributed by atoms with Gasteiger partial charge in [0.1, 0.15) is 17.7 Å². The minimum Gasteiger partial charge on any atom is -0.467 e. The number of alkyl carbamates (subject to hydrolysis) is 1. The van der Waals surface area contributed by atoms with Gasteiger partial charge in [-0.05, 0) is 44.5 Å². The Balaban J connectivity index is 1.88. The fraction of sp³-hybridized carbons (Fsp3) is 0.407. The maximum absolute atomic E-state index is 13.5. The van der Waals surface area contributed by atoms with E-state index in [0.29, 0.717) is 5.69 Å². The van der Waals surface area contributed by atoms with Crippen LogP contribution in [0.25, 0.3) is 10.9 Å². The van der Waals surface area contributed by atoms with Crippen molar-refractivity contribution in [2.24, 2.45) is 7.05 Å². The van der Waals surface area contributed by atoms with Gasteiger partial charge in [-0.1, -0.05) is 31.2 Å². The molecule has 2 aromatic heterocycles. The number of methoxy groups -OCH3 is 1. The molecule has 0 saturated heterocycles. The largest absolute Gasteiger partial charge is 0.467 e. The molecule has 0 radical (unpaired) electrons. The monoisotopic (exact) mass is 494 g/mol. The first-order valence-corrected chi connectivity index (χ1v) is 11.8. The summed E-state index contributed by atoms with van der Waals surface area (Å²) < 4.78 is 12.4. The van der Waals surface area contributed by atoms with E-state index in [4.69, 9.17) is 9.47 Å². The second-order valence-electron chi connectivity index (χ2n) is 9.73. The zero-order chi connectivity index (χ0) is 26.5. The van der Waals surface area contributed by atoms with E-state index < -0.39 is 41.6 Å². The van der Waals surface area contributed by atoms with Crippen molar-refractivity contribution in [2.45, 2.75) is 57.7 Å². The number of hydrogen-bond acceptors (Lipinski definition) is 6. The van der Waals surface area contributed by atoms with Crippen molar-refractivity contribution < 1.29 is 23.9 Å². The number of rotatable bonds is 8. The van der Waals surface area contributed by atoms with Crippen LogP contribution in [0.4, 0.5) is 4.79 Å². The number of hydrogen-bond donors (Lipinski definition) is 2. The number of carbonyl (C=O) groups excluding carboxylic acids is 3. The highest BCUT2D eigenvalue weighted by Crippen LogP contribution is 2.29. The Hall–Kier alpha value is -3.88. The number of fused-ring (bicyclic) bond motifs is 1. The number of esters is 1. The van der Waals surface area contributed by atoms with Crippen molar-refractivity contribution in [2.75, 3.05) is 7.11 Å². The third-order valence-corrected chi connectivity index (χ3v) is 5.82. The summed E-state index contributed by atoms with van der Waals surface area (Å²) in [5.74, 6) is -1.55. The van der Waals surface area contributed by atoms with Gasteiger partial charge in [0, 0.05) is 48.4 Å². The molecule has 3 atom stereocenters. The Morgan fingerprint density at radius 2 is 1.75 bits per heavy atom. The van der Waals surface area contributed by atoms with Gasteiger partial charge in [0.25, 0.3) is 0 Å². The minimum absolute atomic E-state index is 0.114. The van der Waals surface area contributed by atoms with Gasteiger partial charge in [0.05, 0.1) is 7.11 Å². The molecular formula is C27H34N4O5. The number of amides is 2. The van der Waals surface area contributed by atoms with Gasteiger partial charge >= 0.3 is 12.1 Å². The molecular weight excluding hydrogens is 460 g/mol. The van der Waals surface area contributed by atoms with Crippen molar-refractivity contribution in [1.82, 2.24) is 20.2 Å². The summed E-state index contributed by atoms with van der Waals surface area (Å²) in [5.41, 5.74) is 1.76. The number of benzene rings is 1. The Labute approximate surface area is 211 Å². The summed E-state index contributed by atoms with van der Waals surface area (Å²) in [6, 6.07) is 11.1. The van der Waals surface area contributed by atoms with Gasteiger partial charge in [0.15, 0.2) is 0 Å². The highest BCUT2D eigenvalue weighted by Gasteiger charge is 2.34. The second-order valence-corrected chi connectivity index (χ2v) is 9.73. The van der Waals surface area contributed by atoms with Crippen molar-refractivity contribution in [3.63, 3.8) is 0 Å². The van der Waals surface area contributed by atoms with Crippen molar-refractivity contribution in [1.29, 1.82) is 0 Å². The second kappa shape index (κ2) is 11.2. The normalized spacial score (nSPS) is 13.9. The van der Waals surface area contributed by atoms with Crippen LogP contribution < -0.4 is 10.6 Å². The average molecular weight is 495 g/mol. The molecule has 2 amide bonds. The molecule has 2 heterocycles. The molecule has 2 N–H and O–H groups in total. The third-order valence-electron chi connectivity index (χ3n) is 5.82. The first kappa shape index (κ1) is 26.7. The van der Waals surface area contributed by atoms with Gasteiger partial charge in [-0.25, -0.2) is 9.59 Å². The molecule has 9 nitrogen and oxygen atoms in total. The number of nitrogens with zero attached hydrogens (tertiary/aromatic N) is 2. The molecule has 0 aliphatic rings. The molecule has 0 bridgehead atoms. The summed E-state index contributed by atoms with van der Waals surface area (Å²) in [5, 5.41) is 6.41. The number of aryl methyl sites for hydroxylation is 1. The lowest BCUT2D eigenvalue weighted by atomic mass is 9.92. The van der Waals surface area contributed by atoms with Gasteiger partial charge in [-0.3, -0.25) is 9.78 Å². The third kappa shape index (κ3) is 6.62. The van der Waals surface area contributed by atoms with Crippen molar-refractivity contribution >= 4 is 28.9 Å². The highest BCUT2D eigenvalue weighted by atomic mass is 16.6. The molecule has 0 fully saturated rings. The van der Waals surface area contributed by atoms with Crippen LogP contribution in [-0.4, -0.2) is 52.3 Å². The number of pyridine rings is 1. The predicted octanol–water partition coefficient (Wildman–Crippen LogP) is 3.47. The van der Waals surface area contributed by atoms with Crippen LogP contribution in [0.2, 0.25) is 0 Å². The lowest BCUT2D eigenvalue weighted by molar-refractivity contribution is -0.145. The Bertz CT molecular complexity index is 1220. The summed E-state index contributed by atoms with van der Waals surface area (Å²) in [6.07, 6.45) is 2.93. The van der Waals surface area contributed by atoms with Gasteiger partial charge < -0.3 is 24.7 Å². The molecule has 1 aromatic carbocycles. The molecule has 9 heteroatoms. The molecule has 3 rings (SSSR count). The van der Waals surface area contributed by atoms with Crippen LogP contribution in [-0.2, 0) is 32.5 Å². The van der Waals surface area contributed by atoms with Gasteiger partial charge in [-0.2, -0.15) is 0 Å². The zero-order valence-corrected chi connectivity index (χ0v) is 21.6. The first-order valence-electron chi connectivity index (χ1n) is 11.8. The van der Waals surface area contributed by atoms with E-state index in [1.54, 1.807) is 45.2 Å². The van der Waals surface area contributed by atoms with E-state index >= 15 is 0 Å². The molecule has 0 aliphatic heterocycles. The lowest BCUT2D eigenvalue weighted by Crippen LogP contribution is -2.54. The fourth-order valence-corrected chi connectivity index (χ4v) is 4.07. The van der Waals surface area contributed by atoms with E-state index in [0.717, 1.165) is 16.5 Å². The van der Waals surface area contributed by atoms with Crippen LogP contribution >= 0.6 is 0 Å². The van der Waals surface area contributed by atoms with E-state index in [9.17, 15) is 14.4 Å². The van der Waals surface area contributed by atoms with Crippen LogP contribution in [0.1, 0.15) is 44.9 Å². The maximum Gasteiger partial charge on any atom is 0.408 e. The fourth-order valence-electron chi connectivity index (χ4n) is 4.07. The van der Waals surface area contributed by atoms with Crippen LogP contribution in [0.3, 0.4) is 0 Å². The van der Waals surface area contributed by atoms with Gasteiger partial charge in [0.2, 0.25) is 5.91 Å². The molecule has 3 aromatic rings. The van der Waals surface area contributed by atoms with Crippen molar-refractivity contribution in [3.05, 3.63) is 66.1 Å².